The van der Waals surface area contributed by atoms with Gasteiger partial charge < -0.3 is 0 Å². The zero-order chi connectivity index (χ0) is 23.9. The van der Waals surface area contributed by atoms with Crippen molar-refractivity contribution in [2.75, 3.05) is 27.1 Å². The number of hydrogen-bond donors (Lipinski definition) is 1. The van der Waals surface area contributed by atoms with E-state index in [9.17, 15) is 9.90 Å². The third-order valence-corrected chi connectivity index (χ3v) is 7.67. The average Bonchev–Trinajstić information content (AvgIpc) is 2.72. The Balaban J connectivity index is 2.41. The van der Waals surface area contributed by atoms with Crippen molar-refractivity contribution in [3.05, 3.63) is 34.4 Å². The number of aliphatic carboxylic acids is 1. The minimum absolute atomic E-state index is 0.0773. The number of methoxy groups -OCH3 is 1. The number of allylic oxidation sites excluding steroid dienone is 1. The van der Waals surface area contributed by atoms with Gasteiger partial charge in [0.25, 0.3) is 0 Å². The zero-order valence-electron chi connectivity index (χ0n) is 20.4. The van der Waals surface area contributed by atoms with Crippen molar-refractivity contribution in [2.24, 2.45) is 0 Å². The number of hydrogen-bond acceptors (Lipinski definition) is 4. The van der Waals surface area contributed by atoms with Gasteiger partial charge in [-0.25, -0.2) is 0 Å². The maximum atomic E-state index is 11.4. The second-order valence-electron chi connectivity index (χ2n) is 9.37. The van der Waals surface area contributed by atoms with Gasteiger partial charge in [0.2, 0.25) is 0 Å². The second kappa shape index (κ2) is 11.4. The van der Waals surface area contributed by atoms with E-state index >= 15 is 0 Å². The Bertz CT molecular complexity index is 918. The van der Waals surface area contributed by atoms with Crippen LogP contribution in [-0.4, -0.2) is 53.1 Å². The molecular formula is C26H36O5Se. The number of fused-ring (bicyclic) bond motifs is 1. The van der Waals surface area contributed by atoms with E-state index in [2.05, 4.69) is 50.6 Å². The van der Waals surface area contributed by atoms with Crippen molar-refractivity contribution in [3.8, 4) is 16.5 Å². The van der Waals surface area contributed by atoms with Crippen molar-refractivity contribution in [2.45, 2.75) is 71.6 Å². The topological polar surface area (TPSA) is 65.0 Å². The molecule has 1 N–H and O–H groups in total. The fraction of sp³-hybridized carbons (Fsp3) is 0.577. The van der Waals surface area contributed by atoms with Crippen LogP contribution in [0.2, 0.25) is 0 Å². The van der Waals surface area contributed by atoms with Crippen molar-refractivity contribution < 1.29 is 24.1 Å². The summed E-state index contributed by atoms with van der Waals surface area (Å²) >= 11 is -0.187. The van der Waals surface area contributed by atoms with Crippen LogP contribution in [0.15, 0.2) is 23.3 Å². The molecular weight excluding hydrogens is 471 g/mol. The standard InChI is InChI=1S/C26H36O5Se/c1-8-19(24(27)28)18(2)9-14-32-23-16-21-20(25(3,4)10-11-26(21,5)6)15-22(23)31-17-30-13-12-29-7/h15-16H,8,10-13,17H2,1-7H3,(H,27,28). The molecule has 6 heteroatoms. The molecule has 0 atom stereocenters. The normalized spacial score (nSPS) is 17.0. The number of rotatable bonds is 9. The van der Waals surface area contributed by atoms with Gasteiger partial charge in [-0.15, -0.1) is 0 Å². The van der Waals surface area contributed by atoms with E-state index in [1.807, 2.05) is 6.92 Å². The monoisotopic (exact) mass is 508 g/mol. The average molecular weight is 508 g/mol. The van der Waals surface area contributed by atoms with Gasteiger partial charge in [-0.3, -0.25) is 0 Å². The Morgan fingerprint density at radius 2 is 1.75 bits per heavy atom. The van der Waals surface area contributed by atoms with Crippen LogP contribution in [0.25, 0.3) is 0 Å². The number of carboxylic acids is 1. The summed E-state index contributed by atoms with van der Waals surface area (Å²) in [5.74, 6) is 2.97. The number of carbonyl (C=O) groups is 1. The van der Waals surface area contributed by atoms with Crippen molar-refractivity contribution in [1.82, 2.24) is 0 Å². The molecule has 0 fully saturated rings. The molecule has 0 bridgehead atoms. The Labute approximate surface area is 199 Å². The molecule has 32 heavy (non-hydrogen) atoms. The van der Waals surface area contributed by atoms with E-state index in [1.54, 1.807) is 14.0 Å². The van der Waals surface area contributed by atoms with Crippen LogP contribution in [0.4, 0.5) is 0 Å². The first-order chi connectivity index (χ1) is 15.0. The minimum atomic E-state index is -0.901. The predicted molar refractivity (Wildman–Crippen MR) is 129 cm³/mol. The Morgan fingerprint density at radius 3 is 2.31 bits per heavy atom. The van der Waals surface area contributed by atoms with Crippen LogP contribution in [0.5, 0.6) is 5.75 Å². The number of ether oxygens (including phenoxy) is 3. The molecule has 0 aromatic heterocycles. The fourth-order valence-electron chi connectivity index (χ4n) is 3.88. The summed E-state index contributed by atoms with van der Waals surface area (Å²) in [6, 6.07) is 4.43. The van der Waals surface area contributed by atoms with Crippen LogP contribution in [0, 0.1) is 10.7 Å². The van der Waals surface area contributed by atoms with E-state index in [-0.39, 0.29) is 32.6 Å². The van der Waals surface area contributed by atoms with Gasteiger partial charge in [-0.2, -0.15) is 0 Å². The van der Waals surface area contributed by atoms with Crippen molar-refractivity contribution in [1.29, 1.82) is 0 Å². The van der Waals surface area contributed by atoms with E-state index in [0.717, 1.165) is 23.1 Å². The summed E-state index contributed by atoms with van der Waals surface area (Å²) < 4.78 is 17.7. The molecule has 0 radical (unpaired) electrons. The van der Waals surface area contributed by atoms with Crippen LogP contribution in [-0.2, 0) is 25.1 Å². The van der Waals surface area contributed by atoms with E-state index in [1.165, 1.54) is 11.1 Å². The summed E-state index contributed by atoms with van der Waals surface area (Å²) in [5.41, 5.74) is 3.82. The van der Waals surface area contributed by atoms with Gasteiger partial charge in [0.05, 0.1) is 0 Å². The predicted octanol–water partition coefficient (Wildman–Crippen LogP) is 4.14. The second-order valence-corrected chi connectivity index (χ2v) is 11.1. The summed E-state index contributed by atoms with van der Waals surface area (Å²) in [6.07, 6.45) is 2.71. The molecule has 0 spiro atoms. The summed E-state index contributed by atoms with van der Waals surface area (Å²) in [4.78, 5) is 14.6. The zero-order valence-corrected chi connectivity index (χ0v) is 22.1. The van der Waals surface area contributed by atoms with E-state index in [0.29, 0.717) is 30.8 Å². The fourth-order valence-corrected chi connectivity index (χ4v) is 5.37. The van der Waals surface area contributed by atoms with Gasteiger partial charge in [0, 0.05) is 0 Å². The molecule has 0 heterocycles. The van der Waals surface area contributed by atoms with Gasteiger partial charge >= 0.3 is 199 Å². The molecule has 2 rings (SSSR count). The third kappa shape index (κ3) is 6.62. The Kier molecular flexibility index (Phi) is 9.42. The molecule has 1 aromatic carbocycles. The third-order valence-electron chi connectivity index (χ3n) is 6.11. The van der Waals surface area contributed by atoms with Gasteiger partial charge in [0.15, 0.2) is 0 Å². The Hall–Kier alpha value is -1.77. The number of carboxylic acid groups (broad SMARTS) is 1. The maximum absolute atomic E-state index is 11.4. The summed E-state index contributed by atoms with van der Waals surface area (Å²) in [6.45, 7) is 13.9. The first kappa shape index (κ1) is 26.5. The molecule has 1 aliphatic carbocycles. The molecule has 0 unspecified atom stereocenters. The molecule has 0 aliphatic heterocycles. The van der Waals surface area contributed by atoms with Crippen molar-refractivity contribution in [3.63, 3.8) is 0 Å². The van der Waals surface area contributed by atoms with Gasteiger partial charge in [0.1, 0.15) is 0 Å². The first-order valence-electron chi connectivity index (χ1n) is 11.0. The molecule has 0 saturated carbocycles. The van der Waals surface area contributed by atoms with Crippen LogP contribution < -0.4 is 9.20 Å². The Morgan fingerprint density at radius 1 is 1.12 bits per heavy atom. The molecule has 176 valence electrons. The number of benzene rings is 1. The molecule has 0 saturated heterocycles. The van der Waals surface area contributed by atoms with Crippen LogP contribution in [0.3, 0.4) is 0 Å². The summed E-state index contributed by atoms with van der Waals surface area (Å²) in [7, 11) is 1.64. The first-order valence-corrected chi connectivity index (χ1v) is 12.7. The van der Waals surface area contributed by atoms with Crippen LogP contribution >= 0.6 is 0 Å². The quantitative estimate of drug-likeness (QED) is 0.179. The molecule has 1 aliphatic rings. The van der Waals surface area contributed by atoms with Crippen molar-refractivity contribution >= 4 is 25.4 Å². The van der Waals surface area contributed by atoms with Gasteiger partial charge in [-0.1, -0.05) is 0 Å². The summed E-state index contributed by atoms with van der Waals surface area (Å²) in [5, 5.41) is 9.34. The molecule has 5 nitrogen and oxygen atoms in total. The molecule has 0 amide bonds. The molecule has 1 aromatic rings. The van der Waals surface area contributed by atoms with Crippen LogP contribution in [0.1, 0.15) is 71.9 Å². The van der Waals surface area contributed by atoms with E-state index < -0.39 is 5.97 Å². The SMILES string of the molecule is CCC(C(=O)O)=C(C)C#C[Se]c1cc2c(cc1OCOCCOC)C(C)(C)CCC2(C)C. The van der Waals surface area contributed by atoms with Gasteiger partial charge in [-0.05, 0) is 0 Å². The van der Waals surface area contributed by atoms with E-state index in [4.69, 9.17) is 14.2 Å².